The molecule has 1 atom stereocenters. The Hall–Kier alpha value is -1.58. The van der Waals surface area contributed by atoms with Crippen molar-refractivity contribution in [1.29, 1.82) is 0 Å². The van der Waals surface area contributed by atoms with Crippen molar-refractivity contribution in [2.24, 2.45) is 0 Å². The van der Waals surface area contributed by atoms with Crippen LogP contribution in [0.2, 0.25) is 18.1 Å². The van der Waals surface area contributed by atoms with E-state index in [4.69, 9.17) is 18.2 Å². The standard InChI is InChI=1S/C17H28NO8PSi/c1-17(2,3)28(6,7)26-16(27(22,23-4)24-5)15(19)25-12-13-8-10-14(11-9-13)18(20)21/h8-11,16H,12H2,1-7H3. The quantitative estimate of drug-likeness (QED) is 0.184. The van der Waals surface area contributed by atoms with Gasteiger partial charge in [0.1, 0.15) is 6.61 Å². The summed E-state index contributed by atoms with van der Waals surface area (Å²) in [5.74, 6) is -2.41. The number of nitro groups is 1. The summed E-state index contributed by atoms with van der Waals surface area (Å²) in [5.41, 5.74) is 0.465. The SMILES string of the molecule is COP(=O)(OC)C(O[Si](C)(C)C(C)(C)C)C(=O)OCc1ccc([N+](=O)[O-])cc1. The minimum Gasteiger partial charge on any atom is -0.458 e. The molecule has 0 spiro atoms. The maximum atomic E-state index is 12.9. The van der Waals surface area contributed by atoms with Crippen molar-refractivity contribution in [3.63, 3.8) is 0 Å². The van der Waals surface area contributed by atoms with Crippen LogP contribution in [0.4, 0.5) is 5.69 Å². The molecule has 0 N–H and O–H groups in total. The molecule has 158 valence electrons. The number of non-ortho nitro benzene ring substituents is 1. The number of ether oxygens (including phenoxy) is 1. The Balaban J connectivity index is 3.02. The molecule has 0 saturated heterocycles. The third kappa shape index (κ3) is 5.96. The summed E-state index contributed by atoms with van der Waals surface area (Å²) >= 11 is 0. The predicted molar refractivity (Wildman–Crippen MR) is 107 cm³/mol. The summed E-state index contributed by atoms with van der Waals surface area (Å²) in [7, 11) is -4.06. The fraction of sp³-hybridized carbons (Fsp3) is 0.588. The molecule has 1 aromatic rings. The normalized spacial score (nSPS) is 13.8. The first kappa shape index (κ1) is 24.5. The van der Waals surface area contributed by atoms with Crippen LogP contribution in [0.1, 0.15) is 26.3 Å². The van der Waals surface area contributed by atoms with E-state index in [1.807, 2.05) is 33.9 Å². The number of carbonyl (C=O) groups is 1. The van der Waals surface area contributed by atoms with Gasteiger partial charge in [0.25, 0.3) is 5.69 Å². The molecule has 1 unspecified atom stereocenters. The number of carbonyl (C=O) groups excluding carboxylic acids is 1. The molecule has 0 aliphatic rings. The largest absolute Gasteiger partial charge is 0.458 e. The molecule has 11 heteroatoms. The van der Waals surface area contributed by atoms with Crippen molar-refractivity contribution in [1.82, 2.24) is 0 Å². The summed E-state index contributed by atoms with van der Waals surface area (Å²) < 4.78 is 34.1. The molecular formula is C17H28NO8PSi. The van der Waals surface area contributed by atoms with Gasteiger partial charge in [-0.25, -0.2) is 4.79 Å². The van der Waals surface area contributed by atoms with E-state index in [-0.39, 0.29) is 17.3 Å². The van der Waals surface area contributed by atoms with Crippen molar-refractivity contribution in [3.8, 4) is 0 Å². The van der Waals surface area contributed by atoms with Gasteiger partial charge < -0.3 is 18.2 Å². The minimum absolute atomic E-state index is 0.0718. The number of rotatable bonds is 9. The van der Waals surface area contributed by atoms with Gasteiger partial charge in [0, 0.05) is 26.4 Å². The average molecular weight is 433 g/mol. The van der Waals surface area contributed by atoms with E-state index >= 15 is 0 Å². The molecule has 9 nitrogen and oxygen atoms in total. The first-order valence-electron chi connectivity index (χ1n) is 8.56. The van der Waals surface area contributed by atoms with Crippen LogP contribution in [0.15, 0.2) is 24.3 Å². The van der Waals surface area contributed by atoms with Crippen LogP contribution in [0.5, 0.6) is 0 Å². The summed E-state index contributed by atoms with van der Waals surface area (Å²) in [6.07, 6.45) is 0. The van der Waals surface area contributed by atoms with Gasteiger partial charge in [-0.1, -0.05) is 20.8 Å². The lowest BCUT2D eigenvalue weighted by molar-refractivity contribution is -0.384. The van der Waals surface area contributed by atoms with Crippen LogP contribution in [-0.4, -0.2) is 39.3 Å². The highest BCUT2D eigenvalue weighted by Crippen LogP contribution is 2.54. The summed E-state index contributed by atoms with van der Waals surface area (Å²) in [4.78, 5) is 22.9. The van der Waals surface area contributed by atoms with Gasteiger partial charge in [-0.2, -0.15) is 0 Å². The molecule has 0 aliphatic carbocycles. The number of esters is 1. The Morgan fingerprint density at radius 3 is 2.07 bits per heavy atom. The Labute approximate surface area is 166 Å². The van der Waals surface area contributed by atoms with Crippen LogP contribution in [0.3, 0.4) is 0 Å². The van der Waals surface area contributed by atoms with Gasteiger partial charge in [0.15, 0.2) is 8.32 Å². The molecule has 0 heterocycles. The van der Waals surface area contributed by atoms with Crippen molar-refractivity contribution < 1.29 is 32.5 Å². The highest BCUT2D eigenvalue weighted by molar-refractivity contribution is 7.55. The molecule has 0 radical (unpaired) electrons. The maximum Gasteiger partial charge on any atom is 0.369 e. The Bertz CT molecular complexity index is 737. The van der Waals surface area contributed by atoms with Gasteiger partial charge in [-0.05, 0) is 35.8 Å². The first-order valence-corrected chi connectivity index (χ1v) is 13.1. The molecule has 0 saturated carbocycles. The van der Waals surface area contributed by atoms with Gasteiger partial charge in [0.2, 0.25) is 5.85 Å². The lowest BCUT2D eigenvalue weighted by Gasteiger charge is -2.39. The summed E-state index contributed by atoms with van der Waals surface area (Å²) in [6, 6.07) is 5.56. The van der Waals surface area contributed by atoms with Gasteiger partial charge in [0.05, 0.1) is 4.92 Å². The number of hydrogen-bond donors (Lipinski definition) is 0. The Kier molecular flexibility index (Phi) is 8.10. The monoisotopic (exact) mass is 433 g/mol. The third-order valence-corrected chi connectivity index (χ3v) is 11.3. The van der Waals surface area contributed by atoms with E-state index in [2.05, 4.69) is 0 Å². The zero-order valence-corrected chi connectivity index (χ0v) is 19.1. The maximum absolute atomic E-state index is 12.9. The van der Waals surface area contributed by atoms with E-state index in [1.54, 1.807) is 0 Å². The molecule has 1 rings (SSSR count). The molecular weight excluding hydrogens is 405 g/mol. The van der Waals surface area contributed by atoms with E-state index in [1.165, 1.54) is 38.5 Å². The predicted octanol–water partition coefficient (Wildman–Crippen LogP) is 4.47. The van der Waals surface area contributed by atoms with Crippen molar-refractivity contribution in [2.75, 3.05) is 14.2 Å². The van der Waals surface area contributed by atoms with Crippen LogP contribution >= 0.6 is 7.60 Å². The molecule has 1 aromatic carbocycles. The van der Waals surface area contributed by atoms with Crippen molar-refractivity contribution in [2.45, 2.75) is 51.4 Å². The van der Waals surface area contributed by atoms with E-state index < -0.39 is 32.7 Å². The second-order valence-electron chi connectivity index (χ2n) is 7.67. The second kappa shape index (κ2) is 9.28. The third-order valence-electron chi connectivity index (χ3n) is 4.74. The number of nitro benzene ring substituents is 1. The lowest BCUT2D eigenvalue weighted by atomic mass is 10.2. The smallest absolute Gasteiger partial charge is 0.369 e. The van der Waals surface area contributed by atoms with Crippen LogP contribution in [-0.2, 0) is 34.2 Å². The van der Waals surface area contributed by atoms with Gasteiger partial charge in [-0.3, -0.25) is 14.7 Å². The minimum atomic E-state index is -3.91. The van der Waals surface area contributed by atoms with Gasteiger partial charge >= 0.3 is 13.6 Å². The summed E-state index contributed by atoms with van der Waals surface area (Å²) in [6.45, 7) is 9.56. The lowest BCUT2D eigenvalue weighted by Crippen LogP contribution is -2.46. The Morgan fingerprint density at radius 2 is 1.68 bits per heavy atom. The average Bonchev–Trinajstić information content (AvgIpc) is 2.63. The first-order chi connectivity index (χ1) is 12.8. The van der Waals surface area contributed by atoms with Crippen LogP contribution in [0, 0.1) is 10.1 Å². The number of benzene rings is 1. The number of hydrogen-bond acceptors (Lipinski definition) is 8. The molecule has 0 bridgehead atoms. The highest BCUT2D eigenvalue weighted by Gasteiger charge is 2.49. The fourth-order valence-corrected chi connectivity index (χ4v) is 5.08. The van der Waals surface area contributed by atoms with Crippen molar-refractivity contribution >= 4 is 27.6 Å². The van der Waals surface area contributed by atoms with E-state index in [9.17, 15) is 19.5 Å². The van der Waals surface area contributed by atoms with Crippen LogP contribution < -0.4 is 0 Å². The Morgan fingerprint density at radius 1 is 1.18 bits per heavy atom. The topological polar surface area (TPSA) is 114 Å². The molecule has 0 aromatic heterocycles. The second-order valence-corrected chi connectivity index (χ2v) is 14.7. The van der Waals surface area contributed by atoms with Crippen molar-refractivity contribution in [3.05, 3.63) is 39.9 Å². The van der Waals surface area contributed by atoms with E-state index in [0.29, 0.717) is 5.56 Å². The van der Waals surface area contributed by atoms with Crippen LogP contribution in [0.25, 0.3) is 0 Å². The zero-order chi connectivity index (χ0) is 21.8. The van der Waals surface area contributed by atoms with Gasteiger partial charge in [-0.15, -0.1) is 0 Å². The number of nitrogens with zero attached hydrogens (tertiary/aromatic N) is 1. The molecule has 0 aliphatic heterocycles. The van der Waals surface area contributed by atoms with E-state index in [0.717, 1.165) is 0 Å². The zero-order valence-electron chi connectivity index (χ0n) is 17.3. The molecule has 28 heavy (non-hydrogen) atoms. The highest BCUT2D eigenvalue weighted by atomic mass is 31.2. The molecule has 0 amide bonds. The molecule has 0 fully saturated rings. The summed E-state index contributed by atoms with van der Waals surface area (Å²) in [5, 5.41) is 10.5. The fourth-order valence-electron chi connectivity index (χ4n) is 1.90.